The van der Waals surface area contributed by atoms with Gasteiger partial charge in [-0.3, -0.25) is 9.59 Å². The van der Waals surface area contributed by atoms with Gasteiger partial charge in [0, 0.05) is 0 Å². The van der Waals surface area contributed by atoms with Crippen LogP contribution in [0.5, 0.6) is 0 Å². The van der Waals surface area contributed by atoms with Crippen LogP contribution in [0.4, 0.5) is 4.79 Å². The average molecular weight is 403 g/mol. The van der Waals surface area contributed by atoms with E-state index in [4.69, 9.17) is 4.74 Å². The fourth-order valence-electron chi connectivity index (χ4n) is 2.17. The van der Waals surface area contributed by atoms with Gasteiger partial charge < -0.3 is 30.5 Å². The van der Waals surface area contributed by atoms with Gasteiger partial charge in [0.05, 0.1) is 13.7 Å². The first-order valence-corrected chi connectivity index (χ1v) is 9.09. The topological polar surface area (TPSA) is 143 Å². The molecule has 4 N–H and O–H groups in total. The van der Waals surface area contributed by atoms with E-state index in [0.717, 1.165) is 0 Å². The zero-order valence-corrected chi connectivity index (χ0v) is 17.6. The minimum Gasteiger partial charge on any atom is -0.467 e. The Balaban J connectivity index is 5.07. The number of carbonyl (C=O) groups is 4. The molecule has 0 aliphatic heterocycles. The number of alkyl carbamates (subject to hydrolysis) is 1. The zero-order valence-electron chi connectivity index (χ0n) is 17.6. The van der Waals surface area contributed by atoms with Gasteiger partial charge in [-0.25, -0.2) is 9.59 Å². The van der Waals surface area contributed by atoms with Crippen molar-refractivity contribution < 1.29 is 33.8 Å². The number of aliphatic hydroxyl groups is 1. The highest BCUT2D eigenvalue weighted by Gasteiger charge is 2.29. The molecule has 0 bridgehead atoms. The number of hydrogen-bond acceptors (Lipinski definition) is 7. The summed E-state index contributed by atoms with van der Waals surface area (Å²) in [5.74, 6) is -2.01. The number of hydrogen-bond donors (Lipinski definition) is 4. The zero-order chi connectivity index (χ0) is 22.1. The maximum Gasteiger partial charge on any atom is 0.408 e. The SMILES string of the molecule is COC(=O)[C@H](C)NC(=O)[C@H](CO)NC(=O)[C@H](CC(C)C)NC(=O)OC(C)(C)C. The Bertz CT molecular complexity index is 558. The molecule has 0 radical (unpaired) electrons. The van der Waals surface area contributed by atoms with E-state index in [-0.39, 0.29) is 5.92 Å². The van der Waals surface area contributed by atoms with E-state index in [0.29, 0.717) is 6.42 Å². The van der Waals surface area contributed by atoms with Gasteiger partial charge in [-0.15, -0.1) is 0 Å². The van der Waals surface area contributed by atoms with Crippen LogP contribution in [0.15, 0.2) is 0 Å². The molecule has 10 nitrogen and oxygen atoms in total. The van der Waals surface area contributed by atoms with Crippen LogP contribution in [-0.4, -0.2) is 66.4 Å². The number of nitrogens with one attached hydrogen (secondary N) is 3. The number of methoxy groups -OCH3 is 1. The first-order chi connectivity index (χ1) is 12.8. The molecule has 0 unspecified atom stereocenters. The van der Waals surface area contributed by atoms with Gasteiger partial charge in [-0.05, 0) is 40.0 Å². The van der Waals surface area contributed by atoms with Gasteiger partial charge in [0.2, 0.25) is 11.8 Å². The van der Waals surface area contributed by atoms with Crippen molar-refractivity contribution in [3.8, 4) is 0 Å². The fourth-order valence-corrected chi connectivity index (χ4v) is 2.17. The lowest BCUT2D eigenvalue weighted by Crippen LogP contribution is -2.57. The quantitative estimate of drug-likeness (QED) is 0.399. The molecule has 0 aromatic heterocycles. The monoisotopic (exact) mass is 403 g/mol. The molecule has 0 saturated heterocycles. The summed E-state index contributed by atoms with van der Waals surface area (Å²) < 4.78 is 9.67. The van der Waals surface area contributed by atoms with Crippen molar-refractivity contribution >= 4 is 23.9 Å². The van der Waals surface area contributed by atoms with Crippen molar-refractivity contribution in [2.45, 2.75) is 71.7 Å². The van der Waals surface area contributed by atoms with Crippen molar-refractivity contribution in [3.63, 3.8) is 0 Å². The minimum atomic E-state index is -1.30. The van der Waals surface area contributed by atoms with Crippen molar-refractivity contribution in [2.75, 3.05) is 13.7 Å². The smallest absolute Gasteiger partial charge is 0.408 e. The molecule has 0 aromatic rings. The molecule has 0 aromatic carbocycles. The second-order valence-electron chi connectivity index (χ2n) is 7.83. The summed E-state index contributed by atoms with van der Waals surface area (Å²) in [6, 6.07) is -3.21. The Morgan fingerprint density at radius 3 is 1.89 bits per heavy atom. The molecular weight excluding hydrogens is 370 g/mol. The number of esters is 1. The van der Waals surface area contributed by atoms with E-state index >= 15 is 0 Å². The number of rotatable bonds is 9. The van der Waals surface area contributed by atoms with Gasteiger partial charge in [-0.2, -0.15) is 0 Å². The number of ether oxygens (including phenoxy) is 2. The molecule has 0 saturated carbocycles. The van der Waals surface area contributed by atoms with E-state index in [1.807, 2.05) is 13.8 Å². The van der Waals surface area contributed by atoms with E-state index in [9.17, 15) is 24.3 Å². The van der Waals surface area contributed by atoms with Gasteiger partial charge in [0.25, 0.3) is 0 Å². The molecule has 3 amide bonds. The first-order valence-electron chi connectivity index (χ1n) is 9.09. The molecule has 162 valence electrons. The van der Waals surface area contributed by atoms with Crippen LogP contribution in [0.2, 0.25) is 0 Å². The van der Waals surface area contributed by atoms with E-state index in [1.165, 1.54) is 14.0 Å². The number of amides is 3. The Morgan fingerprint density at radius 1 is 0.929 bits per heavy atom. The summed E-state index contributed by atoms with van der Waals surface area (Å²) >= 11 is 0. The third-order valence-electron chi connectivity index (χ3n) is 3.44. The van der Waals surface area contributed by atoms with Crippen LogP contribution in [0.3, 0.4) is 0 Å². The molecule has 28 heavy (non-hydrogen) atoms. The van der Waals surface area contributed by atoms with Crippen LogP contribution >= 0.6 is 0 Å². The summed E-state index contributed by atoms with van der Waals surface area (Å²) in [4.78, 5) is 48.2. The molecule has 3 atom stereocenters. The summed E-state index contributed by atoms with van der Waals surface area (Å²) in [6.07, 6.45) is -0.471. The maximum absolute atomic E-state index is 12.6. The molecule has 0 rings (SSSR count). The molecule has 10 heteroatoms. The summed E-state index contributed by atoms with van der Waals surface area (Å²) in [5, 5.41) is 16.6. The summed E-state index contributed by atoms with van der Waals surface area (Å²) in [7, 11) is 1.18. The van der Waals surface area contributed by atoms with Crippen LogP contribution < -0.4 is 16.0 Å². The maximum atomic E-state index is 12.6. The lowest BCUT2D eigenvalue weighted by atomic mass is 10.0. The molecule has 0 aliphatic carbocycles. The lowest BCUT2D eigenvalue weighted by Gasteiger charge is -2.25. The highest BCUT2D eigenvalue weighted by Crippen LogP contribution is 2.10. The van der Waals surface area contributed by atoms with E-state index < -0.39 is 54.2 Å². The van der Waals surface area contributed by atoms with Crippen LogP contribution in [-0.2, 0) is 23.9 Å². The minimum absolute atomic E-state index is 0.0615. The molecule has 0 spiro atoms. The molecule has 0 heterocycles. The second kappa shape index (κ2) is 11.5. The fraction of sp³-hybridized carbons (Fsp3) is 0.778. The van der Waals surface area contributed by atoms with Gasteiger partial charge >= 0.3 is 12.1 Å². The van der Waals surface area contributed by atoms with E-state index in [2.05, 4.69) is 20.7 Å². The Hall–Kier alpha value is -2.36. The van der Waals surface area contributed by atoms with Crippen molar-refractivity contribution in [1.29, 1.82) is 0 Å². The molecular formula is C18H33N3O7. The van der Waals surface area contributed by atoms with Crippen molar-refractivity contribution in [2.24, 2.45) is 5.92 Å². The highest BCUT2D eigenvalue weighted by molar-refractivity contribution is 5.93. The van der Waals surface area contributed by atoms with Crippen LogP contribution in [0.25, 0.3) is 0 Å². The van der Waals surface area contributed by atoms with Crippen LogP contribution in [0, 0.1) is 5.92 Å². The van der Waals surface area contributed by atoms with Gasteiger partial charge in [0.15, 0.2) is 0 Å². The van der Waals surface area contributed by atoms with E-state index in [1.54, 1.807) is 20.8 Å². The standard InChI is InChI=1S/C18H33N3O7/c1-10(2)8-12(21-17(26)28-18(4,5)6)14(23)20-13(9-22)15(24)19-11(3)16(25)27-7/h10-13,22H,8-9H2,1-7H3,(H,19,24)(H,20,23)(H,21,26)/t11-,12-,13-/m0/s1. The Morgan fingerprint density at radius 2 is 1.46 bits per heavy atom. The molecule has 0 fully saturated rings. The number of aliphatic hydroxyl groups excluding tert-OH is 1. The third kappa shape index (κ3) is 10.1. The summed E-state index contributed by atoms with van der Waals surface area (Å²) in [5.41, 5.74) is -0.736. The Kier molecular flexibility index (Phi) is 10.5. The predicted octanol–water partition coefficient (Wildman–Crippen LogP) is 0.0806. The predicted molar refractivity (Wildman–Crippen MR) is 101 cm³/mol. The number of carbonyl (C=O) groups excluding carboxylic acids is 4. The largest absolute Gasteiger partial charge is 0.467 e. The van der Waals surface area contributed by atoms with Gasteiger partial charge in [0.1, 0.15) is 23.7 Å². The third-order valence-corrected chi connectivity index (χ3v) is 3.44. The highest BCUT2D eigenvalue weighted by atomic mass is 16.6. The second-order valence-corrected chi connectivity index (χ2v) is 7.83. The molecule has 0 aliphatic rings. The first kappa shape index (κ1) is 25.6. The van der Waals surface area contributed by atoms with Gasteiger partial charge in [-0.1, -0.05) is 13.8 Å². The average Bonchev–Trinajstić information content (AvgIpc) is 2.55. The Labute approximate surface area is 165 Å². The summed E-state index contributed by atoms with van der Waals surface area (Å²) in [6.45, 7) is 9.53. The van der Waals surface area contributed by atoms with Crippen LogP contribution in [0.1, 0.15) is 48.0 Å². The van der Waals surface area contributed by atoms with Crippen molar-refractivity contribution in [3.05, 3.63) is 0 Å². The lowest BCUT2D eigenvalue weighted by molar-refractivity contribution is -0.145. The van der Waals surface area contributed by atoms with Crippen molar-refractivity contribution in [1.82, 2.24) is 16.0 Å². The normalized spacial score (nSPS) is 14.5.